The molecule has 0 aromatic heterocycles. The van der Waals surface area contributed by atoms with E-state index in [-0.39, 0.29) is 11.8 Å². The fraction of sp³-hybridized carbons (Fsp3) is 0.562. The number of carbonyl (C=O) groups is 1. The van der Waals surface area contributed by atoms with Crippen LogP contribution in [0.25, 0.3) is 0 Å². The van der Waals surface area contributed by atoms with Crippen LogP contribution in [-0.4, -0.2) is 30.1 Å². The summed E-state index contributed by atoms with van der Waals surface area (Å²) in [6, 6.07) is 8.25. The summed E-state index contributed by atoms with van der Waals surface area (Å²) in [6.07, 6.45) is 1.59. The Kier molecular flexibility index (Phi) is 5.35. The van der Waals surface area contributed by atoms with Gasteiger partial charge in [-0.1, -0.05) is 32.0 Å². The molecule has 1 heterocycles. The van der Waals surface area contributed by atoms with Gasteiger partial charge < -0.3 is 10.1 Å². The molecular formula is C16H23NO2S. The lowest BCUT2D eigenvalue weighted by molar-refractivity contribution is -0.121. The lowest BCUT2D eigenvalue weighted by atomic mass is 9.96. The van der Waals surface area contributed by atoms with Gasteiger partial charge in [-0.25, -0.2) is 0 Å². The zero-order valence-electron chi connectivity index (χ0n) is 12.4. The van der Waals surface area contributed by atoms with E-state index in [0.717, 1.165) is 23.5 Å². The fourth-order valence-electron chi connectivity index (χ4n) is 2.67. The standard InChI is InChI=1S/C16H23NO2S/c1-11(14-6-4-5-7-15(14)19-3)8-16(18)17-13-9-12(2)20-10-13/h4-7,11-13H,8-10H2,1-3H3,(H,17,18). The molecule has 1 N–H and O–H groups in total. The topological polar surface area (TPSA) is 38.3 Å². The minimum Gasteiger partial charge on any atom is -0.496 e. The van der Waals surface area contributed by atoms with Gasteiger partial charge in [-0.2, -0.15) is 11.8 Å². The zero-order chi connectivity index (χ0) is 14.5. The molecule has 0 saturated carbocycles. The van der Waals surface area contributed by atoms with Gasteiger partial charge in [-0.3, -0.25) is 4.79 Å². The molecule has 3 unspecified atom stereocenters. The summed E-state index contributed by atoms with van der Waals surface area (Å²) >= 11 is 1.93. The maximum absolute atomic E-state index is 12.1. The van der Waals surface area contributed by atoms with Crippen LogP contribution in [0, 0.1) is 0 Å². The van der Waals surface area contributed by atoms with Crippen LogP contribution in [0.5, 0.6) is 5.75 Å². The van der Waals surface area contributed by atoms with Crippen molar-refractivity contribution >= 4 is 17.7 Å². The molecule has 1 aromatic rings. The number of amides is 1. The van der Waals surface area contributed by atoms with E-state index < -0.39 is 0 Å². The molecule has 3 atom stereocenters. The van der Waals surface area contributed by atoms with Crippen molar-refractivity contribution in [2.45, 2.75) is 43.9 Å². The lowest BCUT2D eigenvalue weighted by Gasteiger charge is -2.17. The van der Waals surface area contributed by atoms with Crippen LogP contribution in [0.3, 0.4) is 0 Å². The Bertz CT molecular complexity index is 464. The Hall–Kier alpha value is -1.16. The molecule has 0 bridgehead atoms. The maximum atomic E-state index is 12.1. The van der Waals surface area contributed by atoms with E-state index in [2.05, 4.69) is 19.2 Å². The maximum Gasteiger partial charge on any atom is 0.220 e. The van der Waals surface area contributed by atoms with Gasteiger partial charge in [0.05, 0.1) is 7.11 Å². The van der Waals surface area contributed by atoms with E-state index in [1.54, 1.807) is 7.11 Å². The molecule has 1 aliphatic heterocycles. The first-order chi connectivity index (χ1) is 9.60. The molecule has 0 aliphatic carbocycles. The number of rotatable bonds is 5. The van der Waals surface area contributed by atoms with Crippen LogP contribution in [0.15, 0.2) is 24.3 Å². The largest absolute Gasteiger partial charge is 0.496 e. The summed E-state index contributed by atoms with van der Waals surface area (Å²) in [5.74, 6) is 2.20. The van der Waals surface area contributed by atoms with Crippen LogP contribution >= 0.6 is 11.8 Å². The van der Waals surface area contributed by atoms with Gasteiger partial charge >= 0.3 is 0 Å². The first kappa shape index (κ1) is 15.2. The van der Waals surface area contributed by atoms with Gasteiger partial charge in [0.2, 0.25) is 5.91 Å². The van der Waals surface area contributed by atoms with Crippen LogP contribution in [-0.2, 0) is 4.79 Å². The third-order valence-electron chi connectivity index (χ3n) is 3.72. The summed E-state index contributed by atoms with van der Waals surface area (Å²) in [6.45, 7) is 4.29. The van der Waals surface area contributed by atoms with Gasteiger partial charge in [0.25, 0.3) is 0 Å². The van der Waals surface area contributed by atoms with Crippen molar-refractivity contribution in [1.29, 1.82) is 0 Å². The number of para-hydroxylation sites is 1. The summed E-state index contributed by atoms with van der Waals surface area (Å²) in [5.41, 5.74) is 1.10. The first-order valence-corrected chi connectivity index (χ1v) is 8.19. The van der Waals surface area contributed by atoms with E-state index >= 15 is 0 Å². The Balaban J connectivity index is 1.90. The SMILES string of the molecule is COc1ccccc1C(C)CC(=O)NC1CSC(C)C1. The van der Waals surface area contributed by atoms with E-state index in [9.17, 15) is 4.79 Å². The summed E-state index contributed by atoms with van der Waals surface area (Å²) < 4.78 is 5.36. The molecule has 0 radical (unpaired) electrons. The van der Waals surface area contributed by atoms with Crippen molar-refractivity contribution in [3.05, 3.63) is 29.8 Å². The number of hydrogen-bond donors (Lipinski definition) is 1. The third-order valence-corrected chi connectivity index (χ3v) is 5.08. The second-order valence-corrected chi connectivity index (χ2v) is 6.96. The molecule has 0 spiro atoms. The number of methoxy groups -OCH3 is 1. The predicted molar refractivity (Wildman–Crippen MR) is 84.5 cm³/mol. The Morgan fingerprint density at radius 1 is 1.50 bits per heavy atom. The van der Waals surface area contributed by atoms with Crippen molar-refractivity contribution in [2.24, 2.45) is 0 Å². The summed E-state index contributed by atoms with van der Waals surface area (Å²) in [5, 5.41) is 3.81. The smallest absolute Gasteiger partial charge is 0.220 e. The number of thioether (sulfide) groups is 1. The average Bonchev–Trinajstić information content (AvgIpc) is 2.83. The molecule has 1 saturated heterocycles. The molecule has 1 aromatic carbocycles. The second kappa shape index (κ2) is 7.02. The van der Waals surface area contributed by atoms with Gasteiger partial charge in [0.1, 0.15) is 5.75 Å². The van der Waals surface area contributed by atoms with Crippen molar-refractivity contribution in [3.63, 3.8) is 0 Å². The third kappa shape index (κ3) is 3.92. The van der Waals surface area contributed by atoms with Crippen LogP contribution in [0.4, 0.5) is 0 Å². The molecule has 4 heteroatoms. The van der Waals surface area contributed by atoms with E-state index in [4.69, 9.17) is 4.74 Å². The number of carbonyl (C=O) groups excluding carboxylic acids is 1. The summed E-state index contributed by atoms with van der Waals surface area (Å²) in [4.78, 5) is 12.1. The lowest BCUT2D eigenvalue weighted by Crippen LogP contribution is -2.35. The quantitative estimate of drug-likeness (QED) is 0.906. The number of hydrogen-bond acceptors (Lipinski definition) is 3. The number of ether oxygens (including phenoxy) is 1. The molecular weight excluding hydrogens is 270 g/mol. The molecule has 1 fully saturated rings. The van der Waals surface area contributed by atoms with Gasteiger partial charge in [-0.05, 0) is 24.0 Å². The second-order valence-electron chi connectivity index (χ2n) is 5.49. The van der Waals surface area contributed by atoms with Crippen molar-refractivity contribution in [3.8, 4) is 5.75 Å². The van der Waals surface area contributed by atoms with Crippen molar-refractivity contribution < 1.29 is 9.53 Å². The average molecular weight is 293 g/mol. The zero-order valence-corrected chi connectivity index (χ0v) is 13.2. The summed E-state index contributed by atoms with van der Waals surface area (Å²) in [7, 11) is 1.67. The highest BCUT2D eigenvalue weighted by Crippen LogP contribution is 2.29. The number of nitrogens with one attached hydrogen (secondary N) is 1. The molecule has 2 rings (SSSR count). The van der Waals surface area contributed by atoms with E-state index in [0.29, 0.717) is 17.7 Å². The highest BCUT2D eigenvalue weighted by Gasteiger charge is 2.24. The normalized spacial score (nSPS) is 23.4. The molecule has 20 heavy (non-hydrogen) atoms. The monoisotopic (exact) mass is 293 g/mol. The Morgan fingerprint density at radius 3 is 2.90 bits per heavy atom. The molecule has 110 valence electrons. The van der Waals surface area contributed by atoms with Gasteiger partial charge in [-0.15, -0.1) is 0 Å². The predicted octanol–water partition coefficient (Wildman–Crippen LogP) is 3.20. The molecule has 1 amide bonds. The highest BCUT2D eigenvalue weighted by molar-refractivity contribution is 8.00. The Labute approximate surface area is 125 Å². The minimum absolute atomic E-state index is 0.142. The fourth-order valence-corrected chi connectivity index (χ4v) is 3.81. The van der Waals surface area contributed by atoms with Crippen LogP contribution < -0.4 is 10.1 Å². The van der Waals surface area contributed by atoms with Crippen molar-refractivity contribution in [1.82, 2.24) is 5.32 Å². The first-order valence-electron chi connectivity index (χ1n) is 7.14. The van der Waals surface area contributed by atoms with E-state index in [1.807, 2.05) is 36.0 Å². The minimum atomic E-state index is 0.142. The van der Waals surface area contributed by atoms with Gasteiger partial charge in [0.15, 0.2) is 0 Å². The Morgan fingerprint density at radius 2 is 2.25 bits per heavy atom. The molecule has 3 nitrogen and oxygen atoms in total. The highest BCUT2D eigenvalue weighted by atomic mass is 32.2. The van der Waals surface area contributed by atoms with Crippen molar-refractivity contribution in [2.75, 3.05) is 12.9 Å². The van der Waals surface area contributed by atoms with Crippen LogP contribution in [0.1, 0.15) is 38.2 Å². The van der Waals surface area contributed by atoms with E-state index in [1.165, 1.54) is 0 Å². The molecule has 1 aliphatic rings. The van der Waals surface area contributed by atoms with Gasteiger partial charge in [0, 0.05) is 23.5 Å². The number of benzene rings is 1. The van der Waals surface area contributed by atoms with Crippen LogP contribution in [0.2, 0.25) is 0 Å².